The normalized spacial score (nSPS) is 16.9. The van der Waals surface area contributed by atoms with Gasteiger partial charge in [-0.25, -0.2) is 0 Å². The lowest BCUT2D eigenvalue weighted by atomic mass is 9.99. The summed E-state index contributed by atoms with van der Waals surface area (Å²) in [6.07, 6.45) is 1.80. The Morgan fingerprint density at radius 3 is 2.60 bits per heavy atom. The number of nitrogens with one attached hydrogen (secondary N) is 2. The van der Waals surface area contributed by atoms with Gasteiger partial charge >= 0.3 is 10.4 Å². The van der Waals surface area contributed by atoms with Gasteiger partial charge in [-0.3, -0.25) is 18.8 Å². The average molecular weight is 442 g/mol. The quantitative estimate of drug-likeness (QED) is 0.519. The van der Waals surface area contributed by atoms with E-state index in [0.29, 0.717) is 6.61 Å². The van der Waals surface area contributed by atoms with Crippen molar-refractivity contribution in [2.45, 2.75) is 26.3 Å². The number of H-pyrrole nitrogens is 1. The van der Waals surface area contributed by atoms with Crippen LogP contribution in [0.3, 0.4) is 0 Å². The molecule has 0 saturated carbocycles. The fourth-order valence-corrected chi connectivity index (χ4v) is 3.78. The summed E-state index contributed by atoms with van der Waals surface area (Å²) in [4.78, 5) is 17.9. The second-order valence-electron chi connectivity index (χ2n) is 7.12. The third-order valence-electron chi connectivity index (χ3n) is 4.95. The Morgan fingerprint density at radius 1 is 1.23 bits per heavy atom. The Morgan fingerprint density at radius 2 is 1.93 bits per heavy atom. The Hall–Kier alpha value is -2.18. The summed E-state index contributed by atoms with van der Waals surface area (Å²) in [7, 11) is -4.67. The van der Waals surface area contributed by atoms with E-state index < -0.39 is 10.4 Å². The lowest BCUT2D eigenvalue weighted by Crippen LogP contribution is -2.35. The van der Waals surface area contributed by atoms with Crippen LogP contribution in [0.25, 0.3) is 10.9 Å². The first-order valence-corrected chi connectivity index (χ1v) is 11.2. The van der Waals surface area contributed by atoms with Gasteiger partial charge in [0.15, 0.2) is 0 Å². The highest BCUT2D eigenvalue weighted by Gasteiger charge is 2.20. The first-order chi connectivity index (χ1) is 14.3. The van der Waals surface area contributed by atoms with Crippen molar-refractivity contribution >= 4 is 27.0 Å². The Bertz CT molecular complexity index is 1040. The van der Waals surface area contributed by atoms with Gasteiger partial charge < -0.3 is 19.8 Å². The van der Waals surface area contributed by atoms with Crippen LogP contribution in [0.1, 0.15) is 24.5 Å². The van der Waals surface area contributed by atoms with Crippen molar-refractivity contribution in [2.75, 3.05) is 44.8 Å². The van der Waals surface area contributed by atoms with Gasteiger partial charge in [-0.15, -0.1) is 0 Å². The smallest absolute Gasteiger partial charge is 0.394 e. The molecule has 1 fully saturated rings. The molecule has 0 radical (unpaired) electrons. The van der Waals surface area contributed by atoms with Crippen LogP contribution in [-0.2, 0) is 28.1 Å². The average Bonchev–Trinajstić information content (AvgIpc) is 2.68. The van der Waals surface area contributed by atoms with Crippen molar-refractivity contribution < 1.29 is 27.0 Å². The van der Waals surface area contributed by atoms with E-state index in [9.17, 15) is 4.79 Å². The maximum absolute atomic E-state index is 12.5. The zero-order valence-corrected chi connectivity index (χ0v) is 17.6. The van der Waals surface area contributed by atoms with E-state index in [-0.39, 0.29) is 5.56 Å². The van der Waals surface area contributed by atoms with Crippen LogP contribution in [0.15, 0.2) is 16.9 Å². The number of aromatic nitrogens is 1. The number of hydrogen-bond acceptors (Lipinski definition) is 7. The van der Waals surface area contributed by atoms with Gasteiger partial charge in [0, 0.05) is 31.7 Å². The highest BCUT2D eigenvalue weighted by molar-refractivity contribution is 7.79. The van der Waals surface area contributed by atoms with Crippen molar-refractivity contribution in [2.24, 2.45) is 0 Å². The molecule has 4 rings (SSSR count). The number of rotatable bonds is 4. The predicted molar refractivity (Wildman–Crippen MR) is 113 cm³/mol. The fourth-order valence-electron chi connectivity index (χ4n) is 3.78. The van der Waals surface area contributed by atoms with Crippen LogP contribution in [0.5, 0.6) is 5.75 Å². The minimum Gasteiger partial charge on any atom is -0.493 e. The van der Waals surface area contributed by atoms with Crippen LogP contribution in [-0.4, -0.2) is 66.9 Å². The number of ether oxygens (including phenoxy) is 2. The second kappa shape index (κ2) is 9.75. The van der Waals surface area contributed by atoms with Gasteiger partial charge in [0.2, 0.25) is 0 Å². The molecule has 11 heteroatoms. The molecule has 2 aliphatic rings. The number of nitrogens with zero attached hydrogens (tertiary/aromatic N) is 1. The Kier molecular flexibility index (Phi) is 7.32. The van der Waals surface area contributed by atoms with Crippen LogP contribution in [0.4, 0.5) is 5.69 Å². The summed E-state index contributed by atoms with van der Waals surface area (Å²) in [5.41, 5.74) is 3.82. The lowest BCUT2D eigenvalue weighted by molar-refractivity contribution is 0.0342. The predicted octanol–water partition coefficient (Wildman–Crippen LogP) is 1.46. The monoisotopic (exact) mass is 441 g/mol. The topological polar surface area (TPSA) is 141 Å². The van der Waals surface area contributed by atoms with E-state index in [1.165, 1.54) is 0 Å². The van der Waals surface area contributed by atoms with Crippen LogP contribution < -0.4 is 15.6 Å². The summed E-state index contributed by atoms with van der Waals surface area (Å²) in [5, 5.41) is 4.42. The van der Waals surface area contributed by atoms with Gasteiger partial charge in [-0.05, 0) is 37.5 Å². The molecule has 0 bridgehead atoms. The SMILES string of the molecule is CCOc1cc(CN2CCOCC2)cc2[nH]c(=O)c3c(c12)NCCC3.O=S(=O)(O)O. The molecular formula is C19H27N3O7S. The number of aromatic amines is 1. The fraction of sp³-hybridized carbons (Fsp3) is 0.526. The van der Waals surface area contributed by atoms with Crippen molar-refractivity contribution in [1.29, 1.82) is 0 Å². The molecule has 1 saturated heterocycles. The molecule has 10 nitrogen and oxygen atoms in total. The van der Waals surface area contributed by atoms with Gasteiger partial charge in [-0.2, -0.15) is 8.42 Å². The third kappa shape index (κ3) is 5.92. The van der Waals surface area contributed by atoms with E-state index in [0.717, 1.165) is 85.7 Å². The first kappa shape index (κ1) is 22.5. The molecule has 0 aliphatic carbocycles. The summed E-state index contributed by atoms with van der Waals surface area (Å²) < 4.78 is 43.0. The highest BCUT2D eigenvalue weighted by atomic mass is 32.3. The van der Waals surface area contributed by atoms with E-state index >= 15 is 0 Å². The summed E-state index contributed by atoms with van der Waals surface area (Å²) >= 11 is 0. The molecule has 2 aliphatic heterocycles. The van der Waals surface area contributed by atoms with Gasteiger partial charge in [-0.1, -0.05) is 0 Å². The maximum atomic E-state index is 12.5. The Balaban J connectivity index is 0.000000461. The summed E-state index contributed by atoms with van der Waals surface area (Å²) in [6, 6.07) is 4.21. The zero-order chi connectivity index (χ0) is 21.7. The molecule has 166 valence electrons. The zero-order valence-electron chi connectivity index (χ0n) is 16.8. The van der Waals surface area contributed by atoms with E-state index in [1.54, 1.807) is 0 Å². The van der Waals surface area contributed by atoms with Crippen molar-refractivity contribution in [3.63, 3.8) is 0 Å². The minimum atomic E-state index is -4.67. The molecule has 0 spiro atoms. The molecule has 0 unspecified atom stereocenters. The maximum Gasteiger partial charge on any atom is 0.394 e. The molecular weight excluding hydrogens is 414 g/mol. The lowest BCUT2D eigenvalue weighted by Gasteiger charge is -2.27. The number of fused-ring (bicyclic) bond motifs is 3. The third-order valence-corrected chi connectivity index (χ3v) is 4.95. The number of anilines is 1. The Labute approximate surface area is 174 Å². The molecule has 3 heterocycles. The molecule has 1 aromatic carbocycles. The van der Waals surface area contributed by atoms with Crippen molar-refractivity contribution in [3.8, 4) is 5.75 Å². The highest BCUT2D eigenvalue weighted by Crippen LogP contribution is 2.36. The van der Waals surface area contributed by atoms with E-state index in [4.69, 9.17) is 27.0 Å². The molecule has 1 aromatic heterocycles. The molecule has 0 amide bonds. The van der Waals surface area contributed by atoms with E-state index in [1.807, 2.05) is 6.92 Å². The van der Waals surface area contributed by atoms with Crippen LogP contribution >= 0.6 is 0 Å². The summed E-state index contributed by atoms with van der Waals surface area (Å²) in [5.74, 6) is 0.852. The second-order valence-corrected chi connectivity index (χ2v) is 8.02. The molecule has 2 aromatic rings. The van der Waals surface area contributed by atoms with Crippen LogP contribution in [0, 0.1) is 0 Å². The number of morpholine rings is 1. The van der Waals surface area contributed by atoms with Gasteiger partial charge in [0.05, 0.1) is 36.4 Å². The number of benzene rings is 1. The molecule has 30 heavy (non-hydrogen) atoms. The standard InChI is InChI=1S/C19H25N3O3.H2O4S/c1-2-25-16-11-13(12-22-6-8-24-9-7-22)10-15-17(16)18-14(19(23)21-15)4-3-5-20-18;1-5(2,3)4/h10-11,20H,2-9,12H2,1H3,(H,21,23);(H2,1,2,3,4). The largest absolute Gasteiger partial charge is 0.493 e. The van der Waals surface area contributed by atoms with Crippen molar-refractivity contribution in [1.82, 2.24) is 9.88 Å². The number of hydrogen-bond donors (Lipinski definition) is 4. The first-order valence-electron chi connectivity index (χ1n) is 9.84. The van der Waals surface area contributed by atoms with E-state index in [2.05, 4.69) is 27.3 Å². The van der Waals surface area contributed by atoms with Crippen molar-refractivity contribution in [3.05, 3.63) is 33.6 Å². The van der Waals surface area contributed by atoms with Crippen LogP contribution in [0.2, 0.25) is 0 Å². The minimum absolute atomic E-state index is 0.0145. The molecule has 0 atom stereocenters. The number of pyridine rings is 1. The summed E-state index contributed by atoms with van der Waals surface area (Å²) in [6.45, 7) is 7.75. The van der Waals surface area contributed by atoms with Gasteiger partial charge in [0.1, 0.15) is 5.75 Å². The van der Waals surface area contributed by atoms with Gasteiger partial charge in [0.25, 0.3) is 5.56 Å². The molecule has 4 N–H and O–H groups in total.